The molecule has 7 heteroatoms. The van der Waals surface area contributed by atoms with Crippen LogP contribution in [-0.4, -0.2) is 62.9 Å². The van der Waals surface area contributed by atoms with Crippen molar-refractivity contribution in [3.63, 3.8) is 0 Å². The number of methoxy groups -OCH3 is 1. The SMILES string of the molecule is COCCN(CCO)S(=O)(=O)CCCCCl. The Balaban J connectivity index is 4.25. The molecule has 0 aliphatic carbocycles. The molecule has 16 heavy (non-hydrogen) atoms. The highest BCUT2D eigenvalue weighted by molar-refractivity contribution is 7.89. The molecule has 0 amide bonds. The summed E-state index contributed by atoms with van der Waals surface area (Å²) in [7, 11) is -1.78. The third-order valence-electron chi connectivity index (χ3n) is 2.07. The highest BCUT2D eigenvalue weighted by atomic mass is 35.5. The van der Waals surface area contributed by atoms with Crippen molar-refractivity contribution >= 4 is 21.6 Å². The van der Waals surface area contributed by atoms with E-state index < -0.39 is 10.0 Å². The molecule has 0 atom stereocenters. The van der Waals surface area contributed by atoms with Crippen LogP contribution in [0.3, 0.4) is 0 Å². The Labute approximate surface area is 102 Å². The fraction of sp³-hybridized carbons (Fsp3) is 1.00. The van der Waals surface area contributed by atoms with Gasteiger partial charge in [-0.2, -0.15) is 4.31 Å². The maximum atomic E-state index is 11.8. The van der Waals surface area contributed by atoms with Crippen molar-refractivity contribution in [3.8, 4) is 0 Å². The molecular weight excluding hydrogens is 254 g/mol. The van der Waals surface area contributed by atoms with E-state index in [0.717, 1.165) is 0 Å². The van der Waals surface area contributed by atoms with Crippen LogP contribution in [0.4, 0.5) is 0 Å². The second-order valence-electron chi connectivity index (χ2n) is 3.33. The molecule has 5 nitrogen and oxygen atoms in total. The van der Waals surface area contributed by atoms with E-state index in [-0.39, 0.29) is 25.4 Å². The van der Waals surface area contributed by atoms with E-state index in [2.05, 4.69) is 0 Å². The Morgan fingerprint density at radius 3 is 2.50 bits per heavy atom. The molecule has 0 aliphatic rings. The van der Waals surface area contributed by atoms with Crippen molar-refractivity contribution in [2.45, 2.75) is 12.8 Å². The Kier molecular flexibility index (Phi) is 9.25. The molecule has 0 radical (unpaired) electrons. The van der Waals surface area contributed by atoms with Gasteiger partial charge >= 0.3 is 0 Å². The van der Waals surface area contributed by atoms with E-state index in [9.17, 15) is 8.42 Å². The maximum absolute atomic E-state index is 11.8. The topological polar surface area (TPSA) is 66.8 Å². The van der Waals surface area contributed by atoms with E-state index in [1.807, 2.05) is 0 Å². The van der Waals surface area contributed by atoms with Crippen molar-refractivity contribution in [2.24, 2.45) is 0 Å². The zero-order valence-electron chi connectivity index (χ0n) is 9.56. The van der Waals surface area contributed by atoms with Crippen LogP contribution < -0.4 is 0 Å². The Hall–Kier alpha value is 0.120. The normalized spacial score (nSPS) is 12.2. The Bertz CT molecular complexity index is 258. The van der Waals surface area contributed by atoms with Crippen LogP contribution in [-0.2, 0) is 14.8 Å². The van der Waals surface area contributed by atoms with Gasteiger partial charge in [-0.3, -0.25) is 0 Å². The summed E-state index contributed by atoms with van der Waals surface area (Å²) in [6.45, 7) is 0.542. The van der Waals surface area contributed by atoms with Crippen molar-refractivity contribution in [1.29, 1.82) is 0 Å². The number of aliphatic hydroxyl groups is 1. The van der Waals surface area contributed by atoms with Gasteiger partial charge in [0.2, 0.25) is 10.0 Å². The second kappa shape index (κ2) is 9.18. The molecule has 0 aliphatic heterocycles. The number of hydrogen-bond acceptors (Lipinski definition) is 4. The molecule has 0 fully saturated rings. The molecule has 1 N–H and O–H groups in total. The third kappa shape index (κ3) is 6.65. The molecule has 0 rings (SSSR count). The minimum absolute atomic E-state index is 0.0729. The van der Waals surface area contributed by atoms with Gasteiger partial charge in [0.25, 0.3) is 0 Å². The summed E-state index contributed by atoms with van der Waals surface area (Å²) in [4.78, 5) is 0. The summed E-state index contributed by atoms with van der Waals surface area (Å²) in [6.07, 6.45) is 1.22. The molecular formula is C9H20ClNO4S. The minimum atomic E-state index is -3.29. The summed E-state index contributed by atoms with van der Waals surface area (Å²) >= 11 is 5.49. The zero-order chi connectivity index (χ0) is 12.4. The standard InChI is InChI=1S/C9H20ClNO4S/c1-15-8-6-11(5-7-12)16(13,14)9-3-2-4-10/h12H,2-9H2,1H3. The van der Waals surface area contributed by atoms with Crippen LogP contribution in [0.25, 0.3) is 0 Å². The number of alkyl halides is 1. The van der Waals surface area contributed by atoms with Gasteiger partial charge in [0.05, 0.1) is 19.0 Å². The lowest BCUT2D eigenvalue weighted by Crippen LogP contribution is -2.37. The van der Waals surface area contributed by atoms with Gasteiger partial charge in [-0.1, -0.05) is 0 Å². The molecule has 0 spiro atoms. The summed E-state index contributed by atoms with van der Waals surface area (Å²) in [5.74, 6) is 0.539. The van der Waals surface area contributed by atoms with Gasteiger partial charge in [-0.15, -0.1) is 11.6 Å². The van der Waals surface area contributed by atoms with Crippen LogP contribution in [0.15, 0.2) is 0 Å². The molecule has 0 aromatic heterocycles. The number of aliphatic hydroxyl groups excluding tert-OH is 1. The number of hydrogen-bond donors (Lipinski definition) is 1. The predicted molar refractivity (Wildman–Crippen MR) is 64.3 cm³/mol. The van der Waals surface area contributed by atoms with Crippen LogP contribution in [0, 0.1) is 0 Å². The maximum Gasteiger partial charge on any atom is 0.214 e. The molecule has 0 saturated carbocycles. The summed E-state index contributed by atoms with van der Waals surface area (Å²) in [6, 6.07) is 0. The smallest absolute Gasteiger partial charge is 0.214 e. The molecule has 0 unspecified atom stereocenters. The lowest BCUT2D eigenvalue weighted by atomic mass is 10.4. The minimum Gasteiger partial charge on any atom is -0.395 e. The fourth-order valence-corrected chi connectivity index (χ4v) is 2.93. The first kappa shape index (κ1) is 16.1. The van der Waals surface area contributed by atoms with Gasteiger partial charge in [0, 0.05) is 26.1 Å². The van der Waals surface area contributed by atoms with E-state index in [1.54, 1.807) is 0 Å². The van der Waals surface area contributed by atoms with Crippen molar-refractivity contribution < 1.29 is 18.3 Å². The first-order valence-corrected chi connectivity index (χ1v) is 7.36. The monoisotopic (exact) mass is 273 g/mol. The predicted octanol–water partition coefficient (Wildman–Crippen LogP) is 0.276. The number of rotatable bonds is 10. The van der Waals surface area contributed by atoms with Crippen molar-refractivity contribution in [3.05, 3.63) is 0 Å². The van der Waals surface area contributed by atoms with E-state index in [0.29, 0.717) is 25.3 Å². The lowest BCUT2D eigenvalue weighted by Gasteiger charge is -2.20. The first-order chi connectivity index (χ1) is 7.58. The van der Waals surface area contributed by atoms with Crippen LogP contribution >= 0.6 is 11.6 Å². The molecule has 0 heterocycles. The molecule has 0 saturated heterocycles. The van der Waals surface area contributed by atoms with E-state index in [1.165, 1.54) is 11.4 Å². The Morgan fingerprint density at radius 2 is 2.00 bits per heavy atom. The largest absolute Gasteiger partial charge is 0.395 e. The highest BCUT2D eigenvalue weighted by Crippen LogP contribution is 2.05. The van der Waals surface area contributed by atoms with Gasteiger partial charge in [0.15, 0.2) is 0 Å². The zero-order valence-corrected chi connectivity index (χ0v) is 11.1. The van der Waals surface area contributed by atoms with Gasteiger partial charge in [-0.25, -0.2) is 8.42 Å². The van der Waals surface area contributed by atoms with Gasteiger partial charge in [0.1, 0.15) is 0 Å². The van der Waals surface area contributed by atoms with Crippen molar-refractivity contribution in [2.75, 3.05) is 45.0 Å². The molecule has 0 aromatic rings. The summed E-state index contributed by atoms with van der Waals surface area (Å²) < 4.78 is 29.7. The second-order valence-corrected chi connectivity index (χ2v) is 5.79. The number of sulfonamides is 1. The van der Waals surface area contributed by atoms with Crippen molar-refractivity contribution in [1.82, 2.24) is 4.31 Å². The number of nitrogens with zero attached hydrogens (tertiary/aromatic N) is 1. The highest BCUT2D eigenvalue weighted by Gasteiger charge is 2.20. The Morgan fingerprint density at radius 1 is 1.31 bits per heavy atom. The molecule has 0 bridgehead atoms. The van der Waals surface area contributed by atoms with E-state index in [4.69, 9.17) is 21.4 Å². The summed E-state index contributed by atoms with van der Waals surface area (Å²) in [5.41, 5.74) is 0. The third-order valence-corrected chi connectivity index (χ3v) is 4.30. The number of ether oxygens (including phenoxy) is 1. The molecule has 98 valence electrons. The van der Waals surface area contributed by atoms with Gasteiger partial charge < -0.3 is 9.84 Å². The number of unbranched alkanes of at least 4 members (excludes halogenated alkanes) is 1. The molecule has 0 aromatic carbocycles. The average molecular weight is 274 g/mol. The van der Waals surface area contributed by atoms with Gasteiger partial charge in [-0.05, 0) is 12.8 Å². The van der Waals surface area contributed by atoms with Crippen LogP contribution in [0.2, 0.25) is 0 Å². The number of halogens is 1. The van der Waals surface area contributed by atoms with Crippen LogP contribution in [0.1, 0.15) is 12.8 Å². The van der Waals surface area contributed by atoms with Crippen LogP contribution in [0.5, 0.6) is 0 Å². The van der Waals surface area contributed by atoms with E-state index >= 15 is 0 Å². The fourth-order valence-electron chi connectivity index (χ4n) is 1.20. The first-order valence-electron chi connectivity index (χ1n) is 5.22. The summed E-state index contributed by atoms with van der Waals surface area (Å²) in [5, 5.41) is 8.80. The lowest BCUT2D eigenvalue weighted by molar-refractivity contribution is 0.168. The average Bonchev–Trinajstić information content (AvgIpc) is 2.24. The quantitative estimate of drug-likeness (QED) is 0.459.